The number of alkyl halides is 3. The molecule has 0 aliphatic carbocycles. The molecule has 0 spiro atoms. The van der Waals surface area contributed by atoms with Crippen molar-refractivity contribution in [2.75, 3.05) is 7.11 Å². The molecule has 0 N–H and O–H groups in total. The first kappa shape index (κ1) is 10.4. The zero-order valence-electron chi connectivity index (χ0n) is 7.96. The summed E-state index contributed by atoms with van der Waals surface area (Å²) in [5.74, 6) is -0.261. The largest absolute Gasteiger partial charge is 0.421 e. The van der Waals surface area contributed by atoms with Gasteiger partial charge in [0, 0.05) is 7.11 Å². The molecule has 2 atom stereocenters. The van der Waals surface area contributed by atoms with Crippen molar-refractivity contribution in [3.8, 4) is 0 Å². The van der Waals surface area contributed by atoms with E-state index in [1.807, 2.05) is 0 Å². The molecule has 2 heterocycles. The van der Waals surface area contributed by atoms with E-state index < -0.39 is 24.1 Å². The lowest BCUT2D eigenvalue weighted by Crippen LogP contribution is -2.09. The molecule has 1 aliphatic rings. The van der Waals surface area contributed by atoms with E-state index in [1.165, 1.54) is 14.0 Å². The maximum absolute atomic E-state index is 12.6. The van der Waals surface area contributed by atoms with Crippen molar-refractivity contribution in [1.82, 2.24) is 5.16 Å². The first-order chi connectivity index (χ1) is 6.95. The molecule has 1 aliphatic heterocycles. The lowest BCUT2D eigenvalue weighted by atomic mass is 10.1. The predicted molar refractivity (Wildman–Crippen MR) is 40.9 cm³/mol. The summed E-state index contributed by atoms with van der Waals surface area (Å²) in [5, 5.41) is 3.34. The number of ether oxygens (including phenoxy) is 2. The summed E-state index contributed by atoms with van der Waals surface area (Å²) in [4.78, 5) is 0. The Morgan fingerprint density at radius 1 is 1.40 bits per heavy atom. The summed E-state index contributed by atoms with van der Waals surface area (Å²) >= 11 is 0. The Morgan fingerprint density at radius 3 is 2.53 bits per heavy atom. The fourth-order valence-electron chi connectivity index (χ4n) is 1.40. The number of aryl methyl sites for hydroxylation is 1. The van der Waals surface area contributed by atoms with Crippen LogP contribution in [0.2, 0.25) is 0 Å². The van der Waals surface area contributed by atoms with Gasteiger partial charge in [-0.25, -0.2) is 0 Å². The van der Waals surface area contributed by atoms with Crippen molar-refractivity contribution in [1.29, 1.82) is 0 Å². The highest BCUT2D eigenvalue weighted by atomic mass is 19.4. The average Bonchev–Trinajstić information content (AvgIpc) is 2.80. The van der Waals surface area contributed by atoms with E-state index in [0.29, 0.717) is 0 Å². The molecule has 15 heavy (non-hydrogen) atoms. The summed E-state index contributed by atoms with van der Waals surface area (Å²) in [6.45, 7) is 1.21. The van der Waals surface area contributed by atoms with Crippen LogP contribution in [-0.4, -0.2) is 18.6 Å². The van der Waals surface area contributed by atoms with Gasteiger partial charge in [-0.2, -0.15) is 13.2 Å². The smallest absolute Gasteiger partial charge is 0.361 e. The second-order valence-electron chi connectivity index (χ2n) is 3.16. The van der Waals surface area contributed by atoms with Crippen molar-refractivity contribution in [3.63, 3.8) is 0 Å². The number of halogens is 3. The van der Waals surface area contributed by atoms with Crippen LogP contribution in [0.3, 0.4) is 0 Å². The Balaban J connectivity index is 2.33. The van der Waals surface area contributed by atoms with E-state index >= 15 is 0 Å². The van der Waals surface area contributed by atoms with Crippen molar-refractivity contribution in [2.24, 2.45) is 0 Å². The first-order valence-electron chi connectivity index (χ1n) is 4.16. The van der Waals surface area contributed by atoms with Gasteiger partial charge in [-0.3, -0.25) is 0 Å². The Labute approximate surface area is 82.9 Å². The average molecular weight is 223 g/mol. The monoisotopic (exact) mass is 223 g/mol. The third-order valence-corrected chi connectivity index (χ3v) is 2.13. The SMILES string of the molecule is COC1OC1c1noc(C)c1C(F)(F)F. The minimum atomic E-state index is -4.48. The molecule has 1 aromatic rings. The molecule has 7 heteroatoms. The molecule has 1 aromatic heterocycles. The standard InChI is InChI=1S/C8H8F3NO3/c1-3-4(8(9,10)11)5(12-15-3)6-7(13-2)14-6/h6-7H,1-2H3. The number of rotatable bonds is 2. The molecule has 0 saturated carbocycles. The molecule has 1 saturated heterocycles. The molecule has 2 rings (SSSR count). The Bertz CT molecular complexity index is 374. The molecular weight excluding hydrogens is 215 g/mol. The van der Waals surface area contributed by atoms with Crippen LogP contribution in [0.5, 0.6) is 0 Å². The quantitative estimate of drug-likeness (QED) is 0.720. The molecule has 0 radical (unpaired) electrons. The second-order valence-corrected chi connectivity index (χ2v) is 3.16. The minimum absolute atomic E-state index is 0.244. The van der Waals surface area contributed by atoms with Gasteiger partial charge in [0.15, 0.2) is 12.4 Å². The van der Waals surface area contributed by atoms with E-state index in [4.69, 9.17) is 9.47 Å². The van der Waals surface area contributed by atoms with Crippen LogP contribution in [0.25, 0.3) is 0 Å². The number of nitrogens with zero attached hydrogens (tertiary/aromatic N) is 1. The lowest BCUT2D eigenvalue weighted by Gasteiger charge is -2.04. The zero-order chi connectivity index (χ0) is 11.2. The fraction of sp³-hybridized carbons (Fsp3) is 0.625. The van der Waals surface area contributed by atoms with Crippen molar-refractivity contribution in [3.05, 3.63) is 17.0 Å². The van der Waals surface area contributed by atoms with Gasteiger partial charge in [0.1, 0.15) is 17.0 Å². The van der Waals surface area contributed by atoms with Gasteiger partial charge in [0.25, 0.3) is 0 Å². The number of aromatic nitrogens is 1. The number of hydrogen-bond acceptors (Lipinski definition) is 4. The Kier molecular flexibility index (Phi) is 2.23. The highest BCUT2D eigenvalue weighted by Gasteiger charge is 2.50. The fourth-order valence-corrected chi connectivity index (χ4v) is 1.40. The van der Waals surface area contributed by atoms with E-state index in [0.717, 1.165) is 0 Å². The summed E-state index contributed by atoms with van der Waals surface area (Å²) in [6, 6.07) is 0. The normalized spacial score (nSPS) is 25.7. The third-order valence-electron chi connectivity index (χ3n) is 2.13. The van der Waals surface area contributed by atoms with Crippen molar-refractivity contribution >= 4 is 0 Å². The number of methoxy groups -OCH3 is 1. The number of epoxide rings is 1. The van der Waals surface area contributed by atoms with Gasteiger partial charge in [-0.05, 0) is 6.92 Å². The van der Waals surface area contributed by atoms with Crippen molar-refractivity contribution in [2.45, 2.75) is 25.5 Å². The maximum atomic E-state index is 12.6. The van der Waals surface area contributed by atoms with Crippen LogP contribution in [-0.2, 0) is 15.7 Å². The van der Waals surface area contributed by atoms with Crippen LogP contribution >= 0.6 is 0 Å². The topological polar surface area (TPSA) is 47.8 Å². The van der Waals surface area contributed by atoms with Crippen molar-refractivity contribution < 1.29 is 27.2 Å². The van der Waals surface area contributed by atoms with Gasteiger partial charge in [-0.1, -0.05) is 5.16 Å². The summed E-state index contributed by atoms with van der Waals surface area (Å²) < 4.78 is 51.8. The second kappa shape index (κ2) is 3.21. The van der Waals surface area contributed by atoms with E-state index in [-0.39, 0.29) is 11.5 Å². The van der Waals surface area contributed by atoms with Gasteiger partial charge >= 0.3 is 6.18 Å². The van der Waals surface area contributed by atoms with Crippen LogP contribution in [0.4, 0.5) is 13.2 Å². The van der Waals surface area contributed by atoms with Gasteiger partial charge in [-0.15, -0.1) is 0 Å². The minimum Gasteiger partial charge on any atom is -0.361 e. The van der Waals surface area contributed by atoms with E-state index in [9.17, 15) is 13.2 Å². The zero-order valence-corrected chi connectivity index (χ0v) is 7.96. The summed E-state index contributed by atoms with van der Waals surface area (Å²) in [7, 11) is 1.35. The van der Waals surface area contributed by atoms with Gasteiger partial charge < -0.3 is 14.0 Å². The number of hydrogen-bond donors (Lipinski definition) is 0. The van der Waals surface area contributed by atoms with Crippen LogP contribution < -0.4 is 0 Å². The lowest BCUT2D eigenvalue weighted by molar-refractivity contribution is -0.139. The van der Waals surface area contributed by atoms with Crippen LogP contribution in [0, 0.1) is 6.92 Å². The Morgan fingerprint density at radius 2 is 2.07 bits per heavy atom. The summed E-state index contributed by atoms with van der Waals surface area (Å²) in [5.41, 5.74) is -1.11. The highest BCUT2D eigenvalue weighted by Crippen LogP contribution is 2.45. The molecule has 0 amide bonds. The van der Waals surface area contributed by atoms with Crippen LogP contribution in [0.15, 0.2) is 4.52 Å². The molecule has 0 aromatic carbocycles. The molecule has 0 bridgehead atoms. The molecule has 1 fully saturated rings. The van der Waals surface area contributed by atoms with E-state index in [1.54, 1.807) is 0 Å². The molecule has 2 unspecified atom stereocenters. The molecular formula is C8H8F3NO3. The molecule has 84 valence electrons. The van der Waals surface area contributed by atoms with Gasteiger partial charge in [0.2, 0.25) is 0 Å². The van der Waals surface area contributed by atoms with Crippen LogP contribution in [0.1, 0.15) is 23.1 Å². The third kappa shape index (κ3) is 1.72. The highest BCUT2D eigenvalue weighted by molar-refractivity contribution is 5.29. The van der Waals surface area contributed by atoms with E-state index in [2.05, 4.69) is 9.68 Å². The maximum Gasteiger partial charge on any atom is 0.421 e. The van der Waals surface area contributed by atoms with Gasteiger partial charge in [0.05, 0.1) is 0 Å². The molecule has 4 nitrogen and oxygen atoms in total. The predicted octanol–water partition coefficient (Wildman–Crippen LogP) is 2.05. The first-order valence-corrected chi connectivity index (χ1v) is 4.16. The summed E-state index contributed by atoms with van der Waals surface area (Å²) in [6.07, 6.45) is -5.91. The Hall–Kier alpha value is -1.08.